The molecular weight excluding hydrogens is 358 g/mol. The van der Waals surface area contributed by atoms with Crippen LogP contribution in [0.1, 0.15) is 15.9 Å². The van der Waals surface area contributed by atoms with Crippen molar-refractivity contribution in [1.29, 1.82) is 0 Å². The maximum absolute atomic E-state index is 11.9. The number of nitrogens with zero attached hydrogens (tertiary/aromatic N) is 1. The molecule has 7 nitrogen and oxygen atoms in total. The summed E-state index contributed by atoms with van der Waals surface area (Å²) in [5, 5.41) is 3.52. The molecule has 3 N–H and O–H groups in total. The minimum Gasteiger partial charge on any atom is -0.452 e. The van der Waals surface area contributed by atoms with Crippen LogP contribution in [0.4, 0.5) is 5.69 Å². The Morgan fingerprint density at radius 3 is 2.54 bits per heavy atom. The highest BCUT2D eigenvalue weighted by Crippen LogP contribution is 2.17. The van der Waals surface area contributed by atoms with E-state index in [-0.39, 0.29) is 0 Å². The number of esters is 1. The van der Waals surface area contributed by atoms with Crippen molar-refractivity contribution < 1.29 is 19.1 Å². The molecule has 2 amide bonds. The van der Waals surface area contributed by atoms with Gasteiger partial charge in [-0.1, -0.05) is 24.3 Å². The van der Waals surface area contributed by atoms with Gasteiger partial charge in [0, 0.05) is 34.5 Å². The highest BCUT2D eigenvalue weighted by molar-refractivity contribution is 5.97. The Morgan fingerprint density at radius 2 is 1.79 bits per heavy atom. The van der Waals surface area contributed by atoms with E-state index in [1.165, 1.54) is 30.3 Å². The fourth-order valence-electron chi connectivity index (χ4n) is 2.52. The summed E-state index contributed by atoms with van der Waals surface area (Å²) in [6, 6.07) is 15.4. The summed E-state index contributed by atoms with van der Waals surface area (Å²) in [7, 11) is 0. The van der Waals surface area contributed by atoms with Gasteiger partial charge in [-0.3, -0.25) is 14.6 Å². The van der Waals surface area contributed by atoms with Gasteiger partial charge in [-0.15, -0.1) is 0 Å². The summed E-state index contributed by atoms with van der Waals surface area (Å²) in [5.41, 5.74) is 7.49. The van der Waals surface area contributed by atoms with E-state index in [4.69, 9.17) is 10.5 Å². The molecule has 2 aromatic carbocycles. The van der Waals surface area contributed by atoms with Gasteiger partial charge < -0.3 is 15.8 Å². The van der Waals surface area contributed by atoms with Crippen molar-refractivity contribution in [3.05, 3.63) is 78.0 Å². The predicted octanol–water partition coefficient (Wildman–Crippen LogP) is 2.53. The number of rotatable bonds is 6. The Hall–Kier alpha value is -4.00. The number of aromatic nitrogens is 1. The van der Waals surface area contributed by atoms with E-state index >= 15 is 0 Å². The van der Waals surface area contributed by atoms with Gasteiger partial charge >= 0.3 is 5.97 Å². The second-order valence-corrected chi connectivity index (χ2v) is 5.85. The summed E-state index contributed by atoms with van der Waals surface area (Å²) >= 11 is 0. The van der Waals surface area contributed by atoms with Gasteiger partial charge in [0.1, 0.15) is 0 Å². The van der Waals surface area contributed by atoms with E-state index in [0.29, 0.717) is 11.3 Å². The lowest BCUT2D eigenvalue weighted by Gasteiger charge is -2.06. The van der Waals surface area contributed by atoms with Gasteiger partial charge in [-0.05, 0) is 36.4 Å². The molecular formula is C21H17N3O4. The number of hydrogen-bond acceptors (Lipinski definition) is 5. The Labute approximate surface area is 160 Å². The summed E-state index contributed by atoms with van der Waals surface area (Å²) in [4.78, 5) is 39.1. The Balaban J connectivity index is 1.54. The van der Waals surface area contributed by atoms with Gasteiger partial charge in [0.05, 0.1) is 5.52 Å². The lowest BCUT2D eigenvalue weighted by Crippen LogP contribution is -2.20. The number of nitrogens with two attached hydrogens (primary N) is 1. The predicted molar refractivity (Wildman–Crippen MR) is 105 cm³/mol. The number of benzene rings is 2. The summed E-state index contributed by atoms with van der Waals surface area (Å²) in [6.45, 7) is -0.436. The van der Waals surface area contributed by atoms with Crippen molar-refractivity contribution in [1.82, 2.24) is 4.98 Å². The van der Waals surface area contributed by atoms with E-state index in [2.05, 4.69) is 10.3 Å². The first-order valence-electron chi connectivity index (χ1n) is 8.41. The van der Waals surface area contributed by atoms with E-state index in [9.17, 15) is 14.4 Å². The Bertz CT molecular complexity index is 1050. The first-order chi connectivity index (χ1) is 13.5. The monoisotopic (exact) mass is 375 g/mol. The number of para-hydroxylation sites is 1. The zero-order valence-electron chi connectivity index (χ0n) is 14.8. The fourth-order valence-corrected chi connectivity index (χ4v) is 2.52. The standard InChI is InChI=1S/C21H17N3O4/c22-21(27)16-6-9-17(10-7-16)24-18(25)13-28-19(26)11-8-15-4-1-3-14-5-2-12-23-20(14)15/h1-12H,13H2,(H2,22,27)(H,24,25)/b11-8+. The molecule has 0 aliphatic rings. The van der Waals surface area contributed by atoms with E-state index in [1.54, 1.807) is 12.3 Å². The lowest BCUT2D eigenvalue weighted by molar-refractivity contribution is -0.142. The van der Waals surface area contributed by atoms with Crippen LogP contribution in [-0.4, -0.2) is 29.4 Å². The van der Waals surface area contributed by atoms with Gasteiger partial charge in [-0.2, -0.15) is 0 Å². The van der Waals surface area contributed by atoms with Crippen LogP contribution in [0.2, 0.25) is 0 Å². The third-order valence-electron chi connectivity index (χ3n) is 3.86. The average molecular weight is 375 g/mol. The number of amides is 2. The molecule has 3 rings (SSSR count). The number of carbonyl (C=O) groups is 3. The van der Waals surface area contributed by atoms with Crippen LogP contribution in [-0.2, 0) is 14.3 Å². The van der Waals surface area contributed by atoms with Crippen molar-refractivity contribution in [2.45, 2.75) is 0 Å². The summed E-state index contributed by atoms with van der Waals surface area (Å²) < 4.78 is 4.94. The topological polar surface area (TPSA) is 111 Å². The molecule has 0 aliphatic heterocycles. The molecule has 0 spiro atoms. The zero-order valence-corrected chi connectivity index (χ0v) is 14.8. The number of anilines is 1. The lowest BCUT2D eigenvalue weighted by atomic mass is 10.1. The van der Waals surface area contributed by atoms with E-state index < -0.39 is 24.4 Å². The second kappa shape index (κ2) is 8.59. The maximum atomic E-state index is 11.9. The molecule has 0 saturated heterocycles. The smallest absolute Gasteiger partial charge is 0.331 e. The van der Waals surface area contributed by atoms with E-state index in [0.717, 1.165) is 16.5 Å². The summed E-state index contributed by atoms with van der Waals surface area (Å²) in [6.07, 6.45) is 4.52. The molecule has 1 aromatic heterocycles. The van der Waals surface area contributed by atoms with Gasteiger partial charge in [0.15, 0.2) is 6.61 Å². The van der Waals surface area contributed by atoms with Gasteiger partial charge in [-0.25, -0.2) is 4.79 Å². The number of fused-ring (bicyclic) bond motifs is 1. The average Bonchev–Trinajstić information content (AvgIpc) is 2.71. The van der Waals surface area contributed by atoms with Crippen molar-refractivity contribution in [2.24, 2.45) is 5.73 Å². The molecule has 0 bridgehead atoms. The third-order valence-corrected chi connectivity index (χ3v) is 3.86. The first kappa shape index (κ1) is 18.8. The SMILES string of the molecule is NC(=O)c1ccc(NC(=O)COC(=O)/C=C/c2cccc3cccnc23)cc1. The second-order valence-electron chi connectivity index (χ2n) is 5.85. The molecule has 0 saturated carbocycles. The number of nitrogens with one attached hydrogen (secondary N) is 1. The van der Waals surface area contributed by atoms with Crippen molar-refractivity contribution in [3.63, 3.8) is 0 Å². The molecule has 0 atom stereocenters. The van der Waals surface area contributed by atoms with Crippen LogP contribution in [0.25, 0.3) is 17.0 Å². The quantitative estimate of drug-likeness (QED) is 0.508. The van der Waals surface area contributed by atoms with Crippen LogP contribution < -0.4 is 11.1 Å². The normalized spacial score (nSPS) is 10.7. The largest absolute Gasteiger partial charge is 0.452 e. The molecule has 0 radical (unpaired) electrons. The fraction of sp³-hybridized carbons (Fsp3) is 0.0476. The van der Waals surface area contributed by atoms with Crippen LogP contribution in [0.3, 0.4) is 0 Å². The third kappa shape index (κ3) is 4.79. The Morgan fingerprint density at radius 1 is 1.04 bits per heavy atom. The molecule has 0 unspecified atom stereocenters. The number of ether oxygens (including phenoxy) is 1. The molecule has 7 heteroatoms. The number of hydrogen-bond donors (Lipinski definition) is 2. The first-order valence-corrected chi connectivity index (χ1v) is 8.41. The minimum atomic E-state index is -0.646. The van der Waals surface area contributed by atoms with Crippen LogP contribution in [0.15, 0.2) is 66.9 Å². The van der Waals surface area contributed by atoms with Gasteiger partial charge in [0.25, 0.3) is 5.91 Å². The molecule has 0 aliphatic carbocycles. The van der Waals surface area contributed by atoms with E-state index in [1.807, 2.05) is 30.3 Å². The molecule has 28 heavy (non-hydrogen) atoms. The van der Waals surface area contributed by atoms with Gasteiger partial charge in [0.2, 0.25) is 5.91 Å². The highest BCUT2D eigenvalue weighted by Gasteiger charge is 2.07. The minimum absolute atomic E-state index is 0.331. The van der Waals surface area contributed by atoms with Crippen molar-refractivity contribution in [3.8, 4) is 0 Å². The molecule has 0 fully saturated rings. The van der Waals surface area contributed by atoms with Crippen molar-refractivity contribution in [2.75, 3.05) is 11.9 Å². The van der Waals surface area contributed by atoms with Crippen molar-refractivity contribution >= 4 is 40.4 Å². The highest BCUT2D eigenvalue weighted by atomic mass is 16.5. The molecule has 3 aromatic rings. The molecule has 140 valence electrons. The van der Waals surface area contributed by atoms with Crippen LogP contribution >= 0.6 is 0 Å². The number of pyridine rings is 1. The maximum Gasteiger partial charge on any atom is 0.331 e. The summed E-state index contributed by atoms with van der Waals surface area (Å²) in [5.74, 6) is -1.70. The Kier molecular flexibility index (Phi) is 5.76. The number of primary amides is 1. The molecule has 1 heterocycles. The van der Waals surface area contributed by atoms with Crippen LogP contribution in [0, 0.1) is 0 Å². The zero-order chi connectivity index (χ0) is 19.9. The number of carbonyl (C=O) groups excluding carboxylic acids is 3. The van der Waals surface area contributed by atoms with Crippen LogP contribution in [0.5, 0.6) is 0 Å².